The fourth-order valence-electron chi connectivity index (χ4n) is 2.97. The van der Waals surface area contributed by atoms with Gasteiger partial charge in [0.1, 0.15) is 5.70 Å². The summed E-state index contributed by atoms with van der Waals surface area (Å²) in [5.74, 6) is -0.411. The van der Waals surface area contributed by atoms with Gasteiger partial charge >= 0.3 is 0 Å². The zero-order valence-corrected chi connectivity index (χ0v) is 16.0. The minimum absolute atomic E-state index is 0.131. The maximum absolute atomic E-state index is 13.0. The predicted molar refractivity (Wildman–Crippen MR) is 106 cm³/mol. The van der Waals surface area contributed by atoms with Crippen LogP contribution in [0.2, 0.25) is 0 Å². The van der Waals surface area contributed by atoms with Crippen molar-refractivity contribution in [1.82, 2.24) is 10.2 Å². The molecule has 0 atom stereocenters. The number of carbonyl (C=O) groups excluding carboxylic acids is 2. The van der Waals surface area contributed by atoms with E-state index >= 15 is 0 Å². The molecule has 0 unspecified atom stereocenters. The summed E-state index contributed by atoms with van der Waals surface area (Å²) in [6.45, 7) is 1.46. The van der Waals surface area contributed by atoms with Crippen molar-refractivity contribution in [2.24, 2.45) is 0 Å². The summed E-state index contributed by atoms with van der Waals surface area (Å²) in [7, 11) is 0. The van der Waals surface area contributed by atoms with Gasteiger partial charge in [-0.3, -0.25) is 9.59 Å². The van der Waals surface area contributed by atoms with Gasteiger partial charge in [-0.25, -0.2) is 0 Å². The molecule has 4 nitrogen and oxygen atoms in total. The van der Waals surface area contributed by atoms with Crippen LogP contribution in [0.3, 0.4) is 0 Å². The van der Waals surface area contributed by atoms with Crippen molar-refractivity contribution in [3.63, 3.8) is 0 Å². The van der Waals surface area contributed by atoms with E-state index in [-0.39, 0.29) is 11.8 Å². The number of likely N-dealkylation sites (tertiary alicyclic amines) is 1. The number of benzene rings is 2. The van der Waals surface area contributed by atoms with Crippen LogP contribution in [0.4, 0.5) is 0 Å². The average Bonchev–Trinajstić information content (AvgIpc) is 2.68. The van der Waals surface area contributed by atoms with Crippen LogP contribution < -0.4 is 5.32 Å². The number of amides is 2. The summed E-state index contributed by atoms with van der Waals surface area (Å²) in [6, 6.07) is 16.6. The lowest BCUT2D eigenvalue weighted by molar-refractivity contribution is -0.128. The van der Waals surface area contributed by atoms with Crippen molar-refractivity contribution in [3.05, 3.63) is 75.9 Å². The van der Waals surface area contributed by atoms with Crippen molar-refractivity contribution in [2.75, 3.05) is 13.1 Å². The predicted octanol–water partition coefficient (Wildman–Crippen LogP) is 4.23. The molecule has 3 rings (SSSR count). The standard InChI is InChI=1S/C21H21BrN2O2/c22-18-11-7-8-16(14-18)15-19(21(26)24-12-5-2-6-13-24)23-20(25)17-9-3-1-4-10-17/h1,3-4,7-11,14-15H,2,5-6,12-13H2,(H,23,25)/b19-15-. The van der Waals surface area contributed by atoms with Crippen LogP contribution in [0.15, 0.2) is 64.8 Å². The topological polar surface area (TPSA) is 49.4 Å². The maximum Gasteiger partial charge on any atom is 0.270 e. The first-order valence-electron chi connectivity index (χ1n) is 8.76. The number of piperidine rings is 1. The minimum Gasteiger partial charge on any atom is -0.337 e. The first kappa shape index (κ1) is 18.4. The van der Waals surface area contributed by atoms with Gasteiger partial charge in [-0.15, -0.1) is 0 Å². The molecule has 1 fully saturated rings. The molecule has 2 aromatic rings. The highest BCUT2D eigenvalue weighted by molar-refractivity contribution is 9.10. The third kappa shape index (κ3) is 4.82. The van der Waals surface area contributed by atoms with E-state index in [4.69, 9.17) is 0 Å². The monoisotopic (exact) mass is 412 g/mol. The van der Waals surface area contributed by atoms with Crippen molar-refractivity contribution in [2.45, 2.75) is 19.3 Å². The first-order valence-corrected chi connectivity index (χ1v) is 9.56. The number of hydrogen-bond donors (Lipinski definition) is 1. The van der Waals surface area contributed by atoms with Crippen molar-refractivity contribution in [1.29, 1.82) is 0 Å². The molecule has 1 N–H and O–H groups in total. The van der Waals surface area contributed by atoms with Crippen LogP contribution in [-0.2, 0) is 4.79 Å². The number of nitrogens with zero attached hydrogens (tertiary/aromatic N) is 1. The summed E-state index contributed by atoms with van der Waals surface area (Å²) in [6.07, 6.45) is 4.89. The van der Waals surface area contributed by atoms with E-state index in [1.165, 1.54) is 0 Å². The molecule has 2 amide bonds. The van der Waals surface area contributed by atoms with E-state index in [1.807, 2.05) is 35.2 Å². The van der Waals surface area contributed by atoms with Crippen LogP contribution in [-0.4, -0.2) is 29.8 Å². The van der Waals surface area contributed by atoms with Crippen LogP contribution in [0.1, 0.15) is 35.2 Å². The Morgan fingerprint density at radius 1 is 0.962 bits per heavy atom. The molecule has 5 heteroatoms. The van der Waals surface area contributed by atoms with Gasteiger partial charge in [-0.1, -0.05) is 46.3 Å². The molecular weight excluding hydrogens is 392 g/mol. The van der Waals surface area contributed by atoms with Gasteiger partial charge < -0.3 is 10.2 Å². The molecular formula is C21H21BrN2O2. The van der Waals surface area contributed by atoms with Gasteiger partial charge in [0.25, 0.3) is 11.8 Å². The Kier molecular flexibility index (Phi) is 6.23. The van der Waals surface area contributed by atoms with Crippen molar-refractivity contribution in [3.8, 4) is 0 Å². The maximum atomic E-state index is 13.0. The molecule has 1 aliphatic heterocycles. The molecule has 1 saturated heterocycles. The Bertz CT molecular complexity index is 812. The summed E-state index contributed by atoms with van der Waals surface area (Å²) >= 11 is 3.44. The van der Waals surface area contributed by atoms with Gasteiger partial charge in [0.05, 0.1) is 0 Å². The zero-order chi connectivity index (χ0) is 18.4. The molecule has 1 heterocycles. The highest BCUT2D eigenvalue weighted by Crippen LogP contribution is 2.17. The van der Waals surface area contributed by atoms with E-state index in [0.29, 0.717) is 11.3 Å². The van der Waals surface area contributed by atoms with Gasteiger partial charge in [0.15, 0.2) is 0 Å². The number of halogens is 1. The van der Waals surface area contributed by atoms with Gasteiger partial charge in [0.2, 0.25) is 0 Å². The molecule has 0 aromatic heterocycles. The van der Waals surface area contributed by atoms with Crippen LogP contribution in [0.25, 0.3) is 6.08 Å². The van der Waals surface area contributed by atoms with Crippen molar-refractivity contribution >= 4 is 33.8 Å². The lowest BCUT2D eigenvalue weighted by Gasteiger charge is -2.27. The quantitative estimate of drug-likeness (QED) is 0.763. The van der Waals surface area contributed by atoms with Gasteiger partial charge in [0, 0.05) is 23.1 Å². The SMILES string of the molecule is O=C(N/C(=C\c1cccc(Br)c1)C(=O)N1CCCCC1)c1ccccc1. The lowest BCUT2D eigenvalue weighted by Crippen LogP contribution is -2.41. The Morgan fingerprint density at radius 2 is 1.69 bits per heavy atom. The Labute approximate surface area is 162 Å². The highest BCUT2D eigenvalue weighted by atomic mass is 79.9. The number of rotatable bonds is 4. The van der Waals surface area contributed by atoms with Gasteiger partial charge in [-0.05, 0) is 55.2 Å². The van der Waals surface area contributed by atoms with Crippen LogP contribution >= 0.6 is 15.9 Å². The van der Waals surface area contributed by atoms with E-state index in [2.05, 4.69) is 21.2 Å². The highest BCUT2D eigenvalue weighted by Gasteiger charge is 2.22. The minimum atomic E-state index is -0.280. The number of nitrogens with one attached hydrogen (secondary N) is 1. The summed E-state index contributed by atoms with van der Waals surface area (Å²) in [5, 5.41) is 2.81. The Morgan fingerprint density at radius 3 is 2.38 bits per heavy atom. The first-order chi connectivity index (χ1) is 12.6. The molecule has 0 saturated carbocycles. The summed E-state index contributed by atoms with van der Waals surface area (Å²) < 4.78 is 0.922. The molecule has 26 heavy (non-hydrogen) atoms. The fraction of sp³-hybridized carbons (Fsp3) is 0.238. The summed E-state index contributed by atoms with van der Waals surface area (Å²) in [4.78, 5) is 27.4. The van der Waals surface area contributed by atoms with E-state index < -0.39 is 0 Å². The molecule has 0 bridgehead atoms. The molecule has 2 aromatic carbocycles. The van der Waals surface area contributed by atoms with E-state index in [0.717, 1.165) is 42.4 Å². The second kappa shape index (κ2) is 8.81. The van der Waals surface area contributed by atoms with Crippen molar-refractivity contribution < 1.29 is 9.59 Å². The van der Waals surface area contributed by atoms with Crippen LogP contribution in [0, 0.1) is 0 Å². The van der Waals surface area contributed by atoms with E-state index in [1.54, 1.807) is 30.3 Å². The zero-order valence-electron chi connectivity index (χ0n) is 14.5. The second-order valence-electron chi connectivity index (χ2n) is 6.29. The average molecular weight is 413 g/mol. The second-order valence-corrected chi connectivity index (χ2v) is 7.20. The van der Waals surface area contributed by atoms with E-state index in [9.17, 15) is 9.59 Å². The largest absolute Gasteiger partial charge is 0.337 e. The smallest absolute Gasteiger partial charge is 0.270 e. The molecule has 0 aliphatic carbocycles. The lowest BCUT2D eigenvalue weighted by atomic mass is 10.1. The normalized spacial score (nSPS) is 14.8. The fourth-order valence-corrected chi connectivity index (χ4v) is 3.38. The molecule has 0 radical (unpaired) electrons. The summed E-state index contributed by atoms with van der Waals surface area (Å²) in [5.41, 5.74) is 1.69. The third-order valence-corrected chi connectivity index (χ3v) is 4.81. The third-order valence-electron chi connectivity index (χ3n) is 4.32. The van der Waals surface area contributed by atoms with Gasteiger partial charge in [-0.2, -0.15) is 0 Å². The number of carbonyl (C=O) groups is 2. The molecule has 1 aliphatic rings. The Hall–Kier alpha value is -2.40. The molecule has 0 spiro atoms. The Balaban J connectivity index is 1.87. The molecule has 134 valence electrons. The van der Waals surface area contributed by atoms with Crippen LogP contribution in [0.5, 0.6) is 0 Å². The number of hydrogen-bond acceptors (Lipinski definition) is 2.